The fraction of sp³-hybridized carbons (Fsp3) is 0. The molecule has 0 aliphatic heterocycles. The van der Waals surface area contributed by atoms with E-state index < -0.39 is 0 Å². The van der Waals surface area contributed by atoms with Gasteiger partial charge in [-0.15, -0.1) is 0 Å². The van der Waals surface area contributed by atoms with Crippen LogP contribution in [0.2, 0.25) is 0 Å². The molecule has 0 saturated heterocycles. The second kappa shape index (κ2) is 5.54. The van der Waals surface area contributed by atoms with Gasteiger partial charge in [-0.1, -0.05) is 60.7 Å². The maximum Gasteiger partial charge on any atom is 0.150 e. The Hall–Kier alpha value is -3.20. The molecule has 0 aliphatic carbocycles. The van der Waals surface area contributed by atoms with Crippen LogP contribution < -0.4 is 0 Å². The number of fused-ring (bicyclic) bond motifs is 1. The first kappa shape index (κ1) is 13.5. The Labute approximate surface area is 133 Å². The number of carbonyl (C=O) groups is 1. The molecule has 3 aromatic carbocycles. The molecule has 0 bridgehead atoms. The number of aldehydes is 1. The summed E-state index contributed by atoms with van der Waals surface area (Å²) in [5, 5.41) is 0. The van der Waals surface area contributed by atoms with Crippen LogP contribution in [0.4, 0.5) is 0 Å². The van der Waals surface area contributed by atoms with Gasteiger partial charge in [-0.05, 0) is 23.3 Å². The molecule has 0 saturated carbocycles. The minimum atomic E-state index is 0.688. The molecule has 0 aliphatic rings. The minimum absolute atomic E-state index is 0.688. The number of aromatic nitrogens is 2. The Morgan fingerprint density at radius 2 is 1.35 bits per heavy atom. The molecule has 23 heavy (non-hydrogen) atoms. The molecule has 1 aromatic heterocycles. The summed E-state index contributed by atoms with van der Waals surface area (Å²) in [6.07, 6.45) is 0.856. The SMILES string of the molecule is O=Cc1ccc(-c2ccc(-c3nc4ccccc4[nH]3)cc2)cc1. The van der Waals surface area contributed by atoms with Gasteiger partial charge in [0.2, 0.25) is 0 Å². The molecule has 1 N–H and O–H groups in total. The average Bonchev–Trinajstić information content (AvgIpc) is 3.06. The number of carbonyl (C=O) groups excluding carboxylic acids is 1. The molecular formula is C20H14N2O. The largest absolute Gasteiger partial charge is 0.338 e. The standard InChI is InChI=1S/C20H14N2O/c23-13-14-5-7-15(8-6-14)16-9-11-17(12-10-16)20-21-18-3-1-2-4-19(18)22-20/h1-13H,(H,21,22). The third-order valence-corrected chi connectivity index (χ3v) is 3.93. The van der Waals surface area contributed by atoms with Crippen molar-refractivity contribution in [3.05, 3.63) is 78.4 Å². The molecule has 4 aromatic rings. The molecule has 3 heteroatoms. The van der Waals surface area contributed by atoms with Crippen molar-refractivity contribution in [3.8, 4) is 22.5 Å². The van der Waals surface area contributed by atoms with Crippen molar-refractivity contribution < 1.29 is 4.79 Å². The monoisotopic (exact) mass is 298 g/mol. The van der Waals surface area contributed by atoms with Crippen LogP contribution in [-0.2, 0) is 0 Å². The molecule has 1 heterocycles. The molecule has 110 valence electrons. The van der Waals surface area contributed by atoms with Crippen molar-refractivity contribution >= 4 is 17.3 Å². The van der Waals surface area contributed by atoms with Gasteiger partial charge >= 0.3 is 0 Å². The predicted octanol–water partition coefficient (Wildman–Crippen LogP) is 4.71. The topological polar surface area (TPSA) is 45.8 Å². The fourth-order valence-electron chi connectivity index (χ4n) is 2.66. The summed E-state index contributed by atoms with van der Waals surface area (Å²) in [6.45, 7) is 0. The van der Waals surface area contributed by atoms with E-state index in [0.29, 0.717) is 5.56 Å². The summed E-state index contributed by atoms with van der Waals surface area (Å²) in [5.74, 6) is 0.869. The first-order valence-corrected chi connectivity index (χ1v) is 7.44. The quantitative estimate of drug-likeness (QED) is 0.557. The Bertz CT molecular complexity index is 934. The van der Waals surface area contributed by atoms with Crippen molar-refractivity contribution in [3.63, 3.8) is 0 Å². The van der Waals surface area contributed by atoms with Gasteiger partial charge in [0, 0.05) is 11.1 Å². The average molecular weight is 298 g/mol. The van der Waals surface area contributed by atoms with Gasteiger partial charge in [-0.2, -0.15) is 0 Å². The van der Waals surface area contributed by atoms with E-state index in [1.807, 2.05) is 48.5 Å². The smallest absolute Gasteiger partial charge is 0.150 e. The number of hydrogen-bond acceptors (Lipinski definition) is 2. The van der Waals surface area contributed by atoms with Gasteiger partial charge in [0.25, 0.3) is 0 Å². The molecule has 4 rings (SSSR count). The van der Waals surface area contributed by atoms with E-state index in [0.717, 1.165) is 39.8 Å². The second-order valence-electron chi connectivity index (χ2n) is 5.42. The van der Waals surface area contributed by atoms with Crippen LogP contribution in [0.1, 0.15) is 10.4 Å². The van der Waals surface area contributed by atoms with Crippen molar-refractivity contribution in [1.82, 2.24) is 9.97 Å². The number of H-pyrrole nitrogens is 1. The van der Waals surface area contributed by atoms with Crippen LogP contribution in [0.5, 0.6) is 0 Å². The number of rotatable bonds is 3. The lowest BCUT2D eigenvalue weighted by Gasteiger charge is -2.03. The summed E-state index contributed by atoms with van der Waals surface area (Å²) < 4.78 is 0. The molecule has 0 amide bonds. The van der Waals surface area contributed by atoms with Crippen molar-refractivity contribution in [2.24, 2.45) is 0 Å². The molecule has 0 radical (unpaired) electrons. The second-order valence-corrected chi connectivity index (χ2v) is 5.42. The van der Waals surface area contributed by atoms with E-state index in [-0.39, 0.29) is 0 Å². The summed E-state index contributed by atoms with van der Waals surface area (Å²) in [7, 11) is 0. The lowest BCUT2D eigenvalue weighted by atomic mass is 10.0. The Kier molecular flexibility index (Phi) is 3.24. The van der Waals surface area contributed by atoms with E-state index in [1.165, 1.54) is 0 Å². The van der Waals surface area contributed by atoms with Gasteiger partial charge in [0.1, 0.15) is 12.1 Å². The maximum absolute atomic E-state index is 10.7. The van der Waals surface area contributed by atoms with Gasteiger partial charge in [-0.25, -0.2) is 4.98 Å². The lowest BCUT2D eigenvalue weighted by molar-refractivity contribution is 0.112. The van der Waals surface area contributed by atoms with Gasteiger partial charge in [0.05, 0.1) is 11.0 Å². The summed E-state index contributed by atoms with van der Waals surface area (Å²) in [5.41, 5.74) is 5.95. The number of aromatic amines is 1. The normalized spacial score (nSPS) is 10.8. The number of nitrogens with zero attached hydrogens (tertiary/aromatic N) is 1. The minimum Gasteiger partial charge on any atom is -0.338 e. The van der Waals surface area contributed by atoms with Gasteiger partial charge in [0.15, 0.2) is 0 Å². The molecular weight excluding hydrogens is 284 g/mol. The number of para-hydroxylation sites is 2. The Morgan fingerprint density at radius 3 is 2.00 bits per heavy atom. The van der Waals surface area contributed by atoms with E-state index >= 15 is 0 Å². The number of hydrogen-bond donors (Lipinski definition) is 1. The number of imidazole rings is 1. The molecule has 0 fully saturated rings. The summed E-state index contributed by atoms with van der Waals surface area (Å²) in [4.78, 5) is 18.7. The number of nitrogens with one attached hydrogen (secondary N) is 1. The fourth-order valence-corrected chi connectivity index (χ4v) is 2.66. The van der Waals surface area contributed by atoms with Crippen molar-refractivity contribution in [1.29, 1.82) is 0 Å². The molecule has 0 spiro atoms. The molecule has 3 nitrogen and oxygen atoms in total. The van der Waals surface area contributed by atoms with Crippen LogP contribution in [-0.4, -0.2) is 16.3 Å². The zero-order chi connectivity index (χ0) is 15.6. The van der Waals surface area contributed by atoms with Crippen LogP contribution in [0.15, 0.2) is 72.8 Å². The third-order valence-electron chi connectivity index (χ3n) is 3.93. The lowest BCUT2D eigenvalue weighted by Crippen LogP contribution is -1.83. The highest BCUT2D eigenvalue weighted by Gasteiger charge is 2.05. The maximum atomic E-state index is 10.7. The highest BCUT2D eigenvalue weighted by molar-refractivity contribution is 5.80. The van der Waals surface area contributed by atoms with E-state index in [9.17, 15) is 4.79 Å². The van der Waals surface area contributed by atoms with Crippen molar-refractivity contribution in [2.75, 3.05) is 0 Å². The summed E-state index contributed by atoms with van der Waals surface area (Å²) >= 11 is 0. The Balaban J connectivity index is 1.67. The highest BCUT2D eigenvalue weighted by atomic mass is 16.1. The van der Waals surface area contributed by atoms with E-state index in [2.05, 4.69) is 34.2 Å². The number of benzene rings is 3. The molecule has 0 unspecified atom stereocenters. The van der Waals surface area contributed by atoms with Crippen LogP contribution in [0.3, 0.4) is 0 Å². The first-order chi connectivity index (χ1) is 11.3. The van der Waals surface area contributed by atoms with Gasteiger partial charge in [-0.3, -0.25) is 4.79 Å². The molecule has 0 atom stereocenters. The predicted molar refractivity (Wildman–Crippen MR) is 92.4 cm³/mol. The zero-order valence-corrected chi connectivity index (χ0v) is 12.4. The van der Waals surface area contributed by atoms with Crippen LogP contribution >= 0.6 is 0 Å². The van der Waals surface area contributed by atoms with Crippen molar-refractivity contribution in [2.45, 2.75) is 0 Å². The van der Waals surface area contributed by atoms with E-state index in [1.54, 1.807) is 0 Å². The van der Waals surface area contributed by atoms with E-state index in [4.69, 9.17) is 0 Å². The summed E-state index contributed by atoms with van der Waals surface area (Å²) in [6, 6.07) is 23.8. The van der Waals surface area contributed by atoms with Gasteiger partial charge < -0.3 is 4.98 Å². The van der Waals surface area contributed by atoms with Crippen LogP contribution in [0.25, 0.3) is 33.5 Å². The zero-order valence-electron chi connectivity index (χ0n) is 12.4. The highest BCUT2D eigenvalue weighted by Crippen LogP contribution is 2.25. The first-order valence-electron chi connectivity index (χ1n) is 7.44. The third kappa shape index (κ3) is 2.53. The van der Waals surface area contributed by atoms with Crippen LogP contribution in [0, 0.1) is 0 Å². The Morgan fingerprint density at radius 1 is 0.739 bits per heavy atom.